The molecule has 0 radical (unpaired) electrons. The molecule has 1 N–H and O–H groups in total. The number of aromatic hydroxyl groups is 1. The molecule has 8 nitrogen and oxygen atoms in total. The van der Waals surface area contributed by atoms with Gasteiger partial charge in [0.1, 0.15) is 5.82 Å². The normalized spacial score (nSPS) is 12.2. The van der Waals surface area contributed by atoms with Gasteiger partial charge in [0, 0.05) is 18.2 Å². The highest BCUT2D eigenvalue weighted by molar-refractivity contribution is 7.91. The fraction of sp³-hybridized carbons (Fsp3) is 0.241. The van der Waals surface area contributed by atoms with Crippen molar-refractivity contribution in [3.05, 3.63) is 99.9 Å². The first kappa shape index (κ1) is 28.6. The molecule has 0 fully saturated rings. The number of aryl methyl sites for hydroxylation is 1. The van der Waals surface area contributed by atoms with Crippen molar-refractivity contribution in [2.75, 3.05) is 0 Å². The minimum absolute atomic E-state index is 0.117. The fourth-order valence-corrected chi connectivity index (χ4v) is 5.92. The Bertz CT molecular complexity index is 1760. The van der Waals surface area contributed by atoms with E-state index in [4.69, 9.17) is 0 Å². The highest BCUT2D eigenvalue weighted by Crippen LogP contribution is 2.31. The lowest BCUT2D eigenvalue weighted by Crippen LogP contribution is -2.33. The maximum absolute atomic E-state index is 14.2. The van der Waals surface area contributed by atoms with Crippen molar-refractivity contribution in [3.63, 3.8) is 0 Å². The topological polar surface area (TPSA) is 126 Å². The third-order valence-electron chi connectivity index (χ3n) is 6.57. The van der Waals surface area contributed by atoms with Crippen LogP contribution in [0.5, 0.6) is 5.88 Å². The van der Waals surface area contributed by atoms with Gasteiger partial charge in [-0.15, -0.1) is 0 Å². The van der Waals surface area contributed by atoms with Gasteiger partial charge in [0.15, 0.2) is 10.7 Å². The summed E-state index contributed by atoms with van der Waals surface area (Å²) in [4.78, 5) is 20.1. The van der Waals surface area contributed by atoms with Crippen molar-refractivity contribution < 1.29 is 22.3 Å². The zero-order chi connectivity index (χ0) is 29.0. The maximum Gasteiger partial charge on any atom is 0.277 e. The van der Waals surface area contributed by atoms with E-state index in [1.165, 1.54) is 22.8 Å². The quantitative estimate of drug-likeness (QED) is 0.272. The second kappa shape index (κ2) is 11.8. The molecule has 0 aliphatic carbocycles. The SMILES string of the molecule is CCCCc1nc(O)c(S(=O)(=O)c2ccc(-c3ccnc(F)c3F)cc2)c(=O)n1C(CC)c1cccc(C#N)c1. The number of pyridine rings is 1. The molecule has 40 heavy (non-hydrogen) atoms. The van der Waals surface area contributed by atoms with Crippen LogP contribution in [0.25, 0.3) is 11.1 Å². The van der Waals surface area contributed by atoms with Crippen LogP contribution in [0.2, 0.25) is 0 Å². The van der Waals surface area contributed by atoms with Crippen molar-refractivity contribution in [2.45, 2.75) is 55.4 Å². The molecule has 0 aliphatic rings. The Labute approximate surface area is 230 Å². The Kier molecular flexibility index (Phi) is 8.40. The fourth-order valence-electron chi connectivity index (χ4n) is 4.57. The van der Waals surface area contributed by atoms with Crippen molar-refractivity contribution in [2.24, 2.45) is 0 Å². The molecule has 4 rings (SSSR count). The average molecular weight is 565 g/mol. The number of nitrogens with zero attached hydrogens (tertiary/aromatic N) is 4. The monoisotopic (exact) mass is 564 g/mol. The van der Waals surface area contributed by atoms with Gasteiger partial charge in [0.05, 0.1) is 22.6 Å². The number of sulfone groups is 1. The van der Waals surface area contributed by atoms with Gasteiger partial charge >= 0.3 is 0 Å². The second-order valence-electron chi connectivity index (χ2n) is 9.11. The molecule has 0 saturated heterocycles. The molecule has 0 spiro atoms. The van der Waals surface area contributed by atoms with E-state index in [-0.39, 0.29) is 21.8 Å². The van der Waals surface area contributed by atoms with Gasteiger partial charge in [-0.05, 0) is 54.3 Å². The summed E-state index contributed by atoms with van der Waals surface area (Å²) in [5.41, 5.74) is 0.126. The number of rotatable bonds is 9. The summed E-state index contributed by atoms with van der Waals surface area (Å²) in [5.74, 6) is -3.17. The number of hydrogen-bond donors (Lipinski definition) is 1. The van der Waals surface area contributed by atoms with Crippen LogP contribution in [0.4, 0.5) is 8.78 Å². The van der Waals surface area contributed by atoms with Gasteiger partial charge in [-0.3, -0.25) is 9.36 Å². The summed E-state index contributed by atoms with van der Waals surface area (Å²) in [5, 5.41) is 20.1. The van der Waals surface area contributed by atoms with E-state index in [2.05, 4.69) is 16.0 Å². The first-order chi connectivity index (χ1) is 19.1. The molecule has 2 heterocycles. The molecule has 0 bridgehead atoms. The maximum atomic E-state index is 14.2. The lowest BCUT2D eigenvalue weighted by molar-refractivity contribution is 0.406. The molecule has 4 aromatic rings. The van der Waals surface area contributed by atoms with Gasteiger partial charge in [-0.1, -0.05) is 44.5 Å². The number of halogens is 2. The molecule has 11 heteroatoms. The van der Waals surface area contributed by atoms with E-state index in [1.54, 1.807) is 24.3 Å². The molecule has 206 valence electrons. The number of benzene rings is 2. The zero-order valence-electron chi connectivity index (χ0n) is 21.8. The van der Waals surface area contributed by atoms with Gasteiger partial charge in [0.25, 0.3) is 5.56 Å². The molecule has 0 saturated carbocycles. The van der Waals surface area contributed by atoms with Crippen molar-refractivity contribution >= 4 is 9.84 Å². The predicted octanol–water partition coefficient (Wildman–Crippen LogP) is 5.34. The van der Waals surface area contributed by atoms with Crippen LogP contribution in [0.15, 0.2) is 75.4 Å². The third-order valence-corrected chi connectivity index (χ3v) is 8.36. The Balaban J connectivity index is 1.88. The Morgan fingerprint density at radius 3 is 2.48 bits per heavy atom. The van der Waals surface area contributed by atoms with Crippen molar-refractivity contribution in [3.8, 4) is 23.1 Å². The first-order valence-corrected chi connectivity index (χ1v) is 14.1. The minimum Gasteiger partial charge on any atom is -0.492 e. The summed E-state index contributed by atoms with van der Waals surface area (Å²) in [6.45, 7) is 3.77. The van der Waals surface area contributed by atoms with Gasteiger partial charge in [-0.2, -0.15) is 14.6 Å². The van der Waals surface area contributed by atoms with Crippen LogP contribution in [-0.2, 0) is 16.3 Å². The van der Waals surface area contributed by atoms with Gasteiger partial charge in [0.2, 0.25) is 21.7 Å². The number of aromatic nitrogens is 3. The lowest BCUT2D eigenvalue weighted by Gasteiger charge is -2.23. The van der Waals surface area contributed by atoms with Crippen LogP contribution < -0.4 is 5.56 Å². The van der Waals surface area contributed by atoms with Crippen LogP contribution in [0.3, 0.4) is 0 Å². The second-order valence-corrected chi connectivity index (χ2v) is 11.0. The highest BCUT2D eigenvalue weighted by Gasteiger charge is 2.31. The summed E-state index contributed by atoms with van der Waals surface area (Å²) in [6.07, 6.45) is 3.19. The van der Waals surface area contributed by atoms with Crippen molar-refractivity contribution in [1.29, 1.82) is 5.26 Å². The van der Waals surface area contributed by atoms with Crippen molar-refractivity contribution in [1.82, 2.24) is 14.5 Å². The first-order valence-electron chi connectivity index (χ1n) is 12.6. The Hall–Kier alpha value is -4.43. The molecular weight excluding hydrogens is 538 g/mol. The standard InChI is InChI=1S/C29H26F2N4O4S/c1-3-5-9-24-34-28(36)26(29(37)35(24)23(4-2)20-8-6-7-18(16-20)17-32)40(38,39)21-12-10-19(11-13-21)22-14-15-33-27(31)25(22)30/h6-8,10-16,23,36H,3-5,9H2,1-2H3. The molecule has 2 aromatic heterocycles. The van der Waals surface area contributed by atoms with E-state index in [0.29, 0.717) is 30.4 Å². The van der Waals surface area contributed by atoms with Crippen LogP contribution >= 0.6 is 0 Å². The molecule has 0 aliphatic heterocycles. The smallest absolute Gasteiger partial charge is 0.277 e. The van der Waals surface area contributed by atoms with E-state index in [1.807, 2.05) is 13.8 Å². The number of unbranched alkanes of at least 4 members (excludes halogenated alkanes) is 1. The highest BCUT2D eigenvalue weighted by atomic mass is 32.2. The van der Waals surface area contributed by atoms with E-state index in [9.17, 15) is 32.4 Å². The average Bonchev–Trinajstić information content (AvgIpc) is 2.95. The largest absolute Gasteiger partial charge is 0.492 e. The Morgan fingerprint density at radius 2 is 1.82 bits per heavy atom. The molecule has 2 aromatic carbocycles. The number of hydrogen-bond acceptors (Lipinski definition) is 7. The summed E-state index contributed by atoms with van der Waals surface area (Å²) in [7, 11) is -4.59. The summed E-state index contributed by atoms with van der Waals surface area (Å²) < 4.78 is 56.4. The Morgan fingerprint density at radius 1 is 1.10 bits per heavy atom. The van der Waals surface area contributed by atoms with E-state index >= 15 is 0 Å². The third kappa shape index (κ3) is 5.35. The van der Waals surface area contributed by atoms with Crippen LogP contribution in [-0.4, -0.2) is 28.1 Å². The van der Waals surface area contributed by atoms with Crippen LogP contribution in [0, 0.1) is 23.1 Å². The van der Waals surface area contributed by atoms with E-state index in [0.717, 1.165) is 24.8 Å². The molecular formula is C29H26F2N4O4S. The van der Waals surface area contributed by atoms with Gasteiger partial charge in [-0.25, -0.2) is 17.8 Å². The van der Waals surface area contributed by atoms with Gasteiger partial charge < -0.3 is 5.11 Å². The zero-order valence-corrected chi connectivity index (χ0v) is 22.6. The lowest BCUT2D eigenvalue weighted by atomic mass is 10.0. The van der Waals surface area contributed by atoms with Crippen LogP contribution in [0.1, 0.15) is 56.1 Å². The number of nitriles is 1. The summed E-state index contributed by atoms with van der Waals surface area (Å²) in [6, 6.07) is 14.2. The molecule has 1 unspecified atom stereocenters. The molecule has 0 amide bonds. The molecule has 1 atom stereocenters. The minimum atomic E-state index is -4.59. The van der Waals surface area contributed by atoms with E-state index < -0.39 is 44.0 Å². The summed E-state index contributed by atoms with van der Waals surface area (Å²) >= 11 is 0. The predicted molar refractivity (Wildman–Crippen MR) is 143 cm³/mol.